The summed E-state index contributed by atoms with van der Waals surface area (Å²) in [5, 5.41) is 8.93. The van der Waals surface area contributed by atoms with Gasteiger partial charge < -0.3 is 25.2 Å². The number of carboxylic acids is 1. The lowest BCUT2D eigenvalue weighted by atomic mass is 10.1. The van der Waals surface area contributed by atoms with Crippen LogP contribution in [0, 0.1) is 0 Å². The second kappa shape index (κ2) is 49.1. The van der Waals surface area contributed by atoms with Crippen molar-refractivity contribution in [2.45, 2.75) is 219 Å². The predicted molar refractivity (Wildman–Crippen MR) is 272 cm³/mol. The Kier molecular flexibility index (Phi) is 46.9. The summed E-state index contributed by atoms with van der Waals surface area (Å²) in [6.07, 6.45) is 63.5. The van der Waals surface area contributed by atoms with Gasteiger partial charge in [-0.25, -0.2) is 4.57 Å². The van der Waals surface area contributed by atoms with Gasteiger partial charge in [-0.05, 0) is 89.9 Å². The molecule has 0 radical (unpaired) electrons. The van der Waals surface area contributed by atoms with Crippen molar-refractivity contribution in [1.29, 1.82) is 0 Å². The van der Waals surface area contributed by atoms with E-state index in [0.717, 1.165) is 89.9 Å². The molecule has 0 amide bonds. The molecule has 0 rings (SSSR count). The summed E-state index contributed by atoms with van der Waals surface area (Å²) in [6.45, 7) is 3.73. The molecule has 3 unspecified atom stereocenters. The normalized spacial score (nSPS) is 14.4. The molecule has 0 aromatic carbocycles. The Labute approximate surface area is 397 Å². The number of hydrogen-bond donors (Lipinski definition) is 3. The van der Waals surface area contributed by atoms with Gasteiger partial charge in [0.2, 0.25) is 0 Å². The van der Waals surface area contributed by atoms with Crippen molar-refractivity contribution in [3.8, 4) is 0 Å². The van der Waals surface area contributed by atoms with Gasteiger partial charge in [-0.1, -0.05) is 195 Å². The number of allylic oxidation sites excluding steroid dienone is 14. The summed E-state index contributed by atoms with van der Waals surface area (Å²) < 4.78 is 33.5. The van der Waals surface area contributed by atoms with Gasteiger partial charge >= 0.3 is 19.8 Å². The van der Waals surface area contributed by atoms with Crippen molar-refractivity contribution in [2.24, 2.45) is 5.73 Å². The van der Waals surface area contributed by atoms with Gasteiger partial charge in [0.05, 0.1) is 19.8 Å². The topological polar surface area (TPSA) is 155 Å². The minimum absolute atomic E-state index is 0.00172. The lowest BCUT2D eigenvalue weighted by Gasteiger charge is -2.20. The summed E-state index contributed by atoms with van der Waals surface area (Å²) in [4.78, 5) is 33.7. The molecule has 0 saturated heterocycles. The van der Waals surface area contributed by atoms with Crippen LogP contribution in [0.5, 0.6) is 0 Å². The first-order valence-electron chi connectivity index (χ1n) is 25.6. The average molecular weight is 932 g/mol. The lowest BCUT2D eigenvalue weighted by Crippen LogP contribution is -2.34. The summed E-state index contributed by atoms with van der Waals surface area (Å²) in [5.41, 5.74) is 5.37. The van der Waals surface area contributed by atoms with Gasteiger partial charge in [0.15, 0.2) is 0 Å². The van der Waals surface area contributed by atoms with Gasteiger partial charge in [-0.15, -0.1) is 0 Å². The van der Waals surface area contributed by atoms with Crippen LogP contribution in [-0.4, -0.2) is 60.5 Å². The van der Waals surface area contributed by atoms with Crippen molar-refractivity contribution < 1.29 is 42.7 Å². The zero-order valence-corrected chi connectivity index (χ0v) is 42.0. The van der Waals surface area contributed by atoms with E-state index in [-0.39, 0.29) is 13.0 Å². The fraction of sp³-hybridized carbons (Fsp3) is 0.704. The second-order valence-corrected chi connectivity index (χ2v) is 18.4. The zero-order valence-electron chi connectivity index (χ0n) is 41.1. The molecule has 374 valence electrons. The molecule has 0 fully saturated rings. The quantitative estimate of drug-likeness (QED) is 0.0232. The third kappa shape index (κ3) is 48.9. The Morgan fingerprint density at radius 2 is 0.892 bits per heavy atom. The number of aliphatic carboxylic acids is 1. The van der Waals surface area contributed by atoms with Crippen LogP contribution in [0.4, 0.5) is 0 Å². The minimum Gasteiger partial charge on any atom is -0.480 e. The molecule has 0 heterocycles. The van der Waals surface area contributed by atoms with Crippen LogP contribution in [0.3, 0.4) is 0 Å². The van der Waals surface area contributed by atoms with Gasteiger partial charge in [0, 0.05) is 13.0 Å². The maximum absolute atomic E-state index is 12.7. The van der Waals surface area contributed by atoms with Crippen molar-refractivity contribution >= 4 is 19.8 Å². The highest BCUT2D eigenvalue weighted by molar-refractivity contribution is 7.47. The van der Waals surface area contributed by atoms with Gasteiger partial charge in [-0.2, -0.15) is 0 Å². The number of phosphoric acid groups is 1. The number of nitrogens with two attached hydrogens (primary N) is 1. The van der Waals surface area contributed by atoms with Crippen LogP contribution in [0.1, 0.15) is 206 Å². The molecule has 10 nitrogen and oxygen atoms in total. The number of unbranched alkanes of at least 4 members (excludes halogenated alkanes) is 20. The maximum atomic E-state index is 12.7. The number of ether oxygens (including phenoxy) is 2. The van der Waals surface area contributed by atoms with E-state index in [2.05, 4.69) is 98.9 Å². The third-order valence-electron chi connectivity index (χ3n) is 10.7. The highest BCUT2D eigenvalue weighted by Gasteiger charge is 2.27. The Morgan fingerprint density at radius 1 is 0.508 bits per heavy atom. The van der Waals surface area contributed by atoms with E-state index >= 15 is 0 Å². The average Bonchev–Trinajstić information content (AvgIpc) is 3.29. The molecular formula is C54H94NO9P. The Morgan fingerprint density at radius 3 is 1.34 bits per heavy atom. The van der Waals surface area contributed by atoms with E-state index < -0.39 is 45.1 Å². The van der Waals surface area contributed by atoms with Crippen LogP contribution >= 0.6 is 7.82 Å². The smallest absolute Gasteiger partial charge is 0.472 e. The number of carbonyl (C=O) groups is 2. The van der Waals surface area contributed by atoms with E-state index in [4.69, 9.17) is 29.4 Å². The predicted octanol–water partition coefficient (Wildman–Crippen LogP) is 15.1. The van der Waals surface area contributed by atoms with Gasteiger partial charge in [-0.3, -0.25) is 18.6 Å². The largest absolute Gasteiger partial charge is 0.480 e. The first kappa shape index (κ1) is 62.1. The fourth-order valence-electron chi connectivity index (χ4n) is 6.72. The Balaban J connectivity index is 4.20. The minimum atomic E-state index is -4.63. The number of phosphoric ester groups is 1. The molecule has 0 aromatic rings. The number of rotatable bonds is 48. The molecule has 11 heteroatoms. The number of carbonyl (C=O) groups excluding carboxylic acids is 1. The summed E-state index contributed by atoms with van der Waals surface area (Å²) in [6, 6.07) is -1.48. The van der Waals surface area contributed by atoms with Crippen molar-refractivity contribution in [3.63, 3.8) is 0 Å². The molecule has 0 aliphatic heterocycles. The Hall–Kier alpha value is -2.85. The van der Waals surface area contributed by atoms with Crippen molar-refractivity contribution in [3.05, 3.63) is 85.1 Å². The molecule has 0 aliphatic rings. The maximum Gasteiger partial charge on any atom is 0.472 e. The molecule has 0 spiro atoms. The molecule has 65 heavy (non-hydrogen) atoms. The third-order valence-corrected chi connectivity index (χ3v) is 11.6. The molecule has 0 aromatic heterocycles. The molecule has 0 aliphatic carbocycles. The SMILES string of the molecule is CC/C=C\C/C=C\C/C=C\C/C=C\CCCCCCCCCOCC(COP(=O)(O)OCC(N)C(=O)O)OC(=O)CCCCCCCCCC/C=C\C/C=C\C/C=C\CCCCCCC. The van der Waals surface area contributed by atoms with E-state index in [1.807, 2.05) is 0 Å². The Bertz CT molecular complexity index is 1360. The van der Waals surface area contributed by atoms with E-state index in [9.17, 15) is 19.0 Å². The molecule has 0 bridgehead atoms. The highest BCUT2D eigenvalue weighted by Crippen LogP contribution is 2.43. The molecule has 3 atom stereocenters. The second-order valence-electron chi connectivity index (χ2n) is 16.9. The van der Waals surface area contributed by atoms with Crippen LogP contribution in [0.15, 0.2) is 85.1 Å². The van der Waals surface area contributed by atoms with Gasteiger partial charge in [0.25, 0.3) is 0 Å². The molecular weight excluding hydrogens is 838 g/mol. The first-order chi connectivity index (χ1) is 31.7. The van der Waals surface area contributed by atoms with Crippen LogP contribution in [-0.2, 0) is 32.7 Å². The highest BCUT2D eigenvalue weighted by atomic mass is 31.2. The monoisotopic (exact) mass is 932 g/mol. The summed E-state index contributed by atoms with van der Waals surface area (Å²) >= 11 is 0. The van der Waals surface area contributed by atoms with Crippen molar-refractivity contribution in [2.75, 3.05) is 26.4 Å². The van der Waals surface area contributed by atoms with E-state index in [1.54, 1.807) is 0 Å². The summed E-state index contributed by atoms with van der Waals surface area (Å²) in [5.74, 6) is -1.79. The molecule has 0 saturated carbocycles. The zero-order chi connectivity index (χ0) is 47.6. The standard InChI is InChI=1S/C54H94NO9P/c1-3-5-7-9-11-13-15-17-19-21-23-25-26-27-28-30-32-34-36-38-40-42-44-46-53(56)64-51(49-62-65(59,60)63-50-52(55)54(57)58)48-61-47-45-43-41-39-37-35-33-31-29-24-22-20-18-16-14-12-10-8-6-4-2/h6,8,12,14-15,17-18,20-21,23-24,26-27,29,51-52H,3-5,7,9-11,13,16,19,22,25,28,30-50,55H2,1-2H3,(H,57,58)(H,59,60)/b8-6-,14-12-,17-15-,20-18-,23-21-,27-26-,29-24-. The van der Waals surface area contributed by atoms with Crippen LogP contribution in [0.25, 0.3) is 0 Å². The lowest BCUT2D eigenvalue weighted by molar-refractivity contribution is -0.154. The van der Waals surface area contributed by atoms with E-state index in [1.165, 1.54) is 89.9 Å². The number of carboxylic acid groups (broad SMARTS) is 1. The van der Waals surface area contributed by atoms with Crippen molar-refractivity contribution in [1.82, 2.24) is 0 Å². The number of esters is 1. The summed E-state index contributed by atoms with van der Waals surface area (Å²) in [7, 11) is -4.63. The fourth-order valence-corrected chi connectivity index (χ4v) is 7.50. The van der Waals surface area contributed by atoms with Crippen LogP contribution in [0.2, 0.25) is 0 Å². The molecule has 4 N–H and O–H groups in total. The first-order valence-corrected chi connectivity index (χ1v) is 27.1. The van der Waals surface area contributed by atoms with Crippen LogP contribution < -0.4 is 5.73 Å². The van der Waals surface area contributed by atoms with E-state index in [0.29, 0.717) is 13.0 Å². The van der Waals surface area contributed by atoms with Gasteiger partial charge in [0.1, 0.15) is 12.1 Å². The number of hydrogen-bond acceptors (Lipinski definition) is 8.